The van der Waals surface area contributed by atoms with Crippen molar-refractivity contribution in [1.82, 2.24) is 0 Å². The van der Waals surface area contributed by atoms with Gasteiger partial charge in [0.25, 0.3) is 0 Å². The Morgan fingerprint density at radius 2 is 1.50 bits per heavy atom. The Labute approximate surface area is 42.0 Å². The van der Waals surface area contributed by atoms with E-state index in [2.05, 4.69) is 27.7 Å². The lowest BCUT2D eigenvalue weighted by molar-refractivity contribution is 0.398. The fourth-order valence-electron chi connectivity index (χ4n) is 0. The van der Waals surface area contributed by atoms with Gasteiger partial charge in [0.2, 0.25) is 0 Å². The summed E-state index contributed by atoms with van der Waals surface area (Å²) >= 11 is 0. The zero-order valence-electron chi connectivity index (χ0n) is 5.21. The molecule has 0 aromatic carbocycles. The Bertz CT molecular complexity index is 33.9. The van der Waals surface area contributed by atoms with E-state index in [-0.39, 0.29) is 1.43 Å². The highest BCUT2D eigenvalue weighted by Gasteiger charge is 2.03. The molecule has 0 saturated heterocycles. The molecule has 0 amide bonds. The molecule has 0 heteroatoms. The molecule has 0 aromatic heterocycles. The third-order valence-corrected chi connectivity index (χ3v) is 1.06. The van der Waals surface area contributed by atoms with Crippen molar-refractivity contribution in [2.24, 2.45) is 5.41 Å². The predicted octanol–water partition coefficient (Wildman–Crippen LogP) is 2.69. The topological polar surface area (TPSA) is 0 Å². The second kappa shape index (κ2) is 1.63. The van der Waals surface area contributed by atoms with Crippen LogP contribution in [-0.2, 0) is 0 Å². The van der Waals surface area contributed by atoms with Crippen LogP contribution in [-0.4, -0.2) is 0 Å². The Morgan fingerprint density at radius 3 is 1.50 bits per heavy atom. The van der Waals surface area contributed by atoms with Gasteiger partial charge < -0.3 is 0 Å². The molecular formula is C6H16. The Kier molecular flexibility index (Phi) is 1.63. The summed E-state index contributed by atoms with van der Waals surface area (Å²) in [6, 6.07) is 0. The summed E-state index contributed by atoms with van der Waals surface area (Å²) in [6.07, 6.45) is 1.27. The van der Waals surface area contributed by atoms with Gasteiger partial charge >= 0.3 is 0 Å². The molecule has 0 nitrogen and oxygen atoms in total. The quantitative estimate of drug-likeness (QED) is 0.428. The lowest BCUT2D eigenvalue weighted by Gasteiger charge is -2.12. The smallest absolute Gasteiger partial charge is 0 e. The van der Waals surface area contributed by atoms with Crippen LogP contribution in [0.2, 0.25) is 0 Å². The van der Waals surface area contributed by atoms with Gasteiger partial charge in [-0.1, -0.05) is 34.1 Å². The lowest BCUT2D eigenvalue weighted by Crippen LogP contribution is -2.00. The molecule has 0 spiro atoms. The molecule has 0 saturated carbocycles. The second-order valence-electron chi connectivity index (χ2n) is 2.91. The van der Waals surface area contributed by atoms with Crippen molar-refractivity contribution in [1.29, 1.82) is 0 Å². The van der Waals surface area contributed by atoms with E-state index in [0.717, 1.165) is 0 Å². The van der Waals surface area contributed by atoms with Crippen molar-refractivity contribution >= 4 is 0 Å². The van der Waals surface area contributed by atoms with Crippen LogP contribution >= 0.6 is 0 Å². The lowest BCUT2D eigenvalue weighted by atomic mass is 9.94. The molecule has 0 radical (unpaired) electrons. The van der Waals surface area contributed by atoms with Crippen LogP contribution < -0.4 is 0 Å². The minimum absolute atomic E-state index is 0. The van der Waals surface area contributed by atoms with Gasteiger partial charge in [-0.25, -0.2) is 0 Å². The van der Waals surface area contributed by atoms with E-state index in [1.807, 2.05) is 0 Å². The average Bonchev–Trinajstić information content (AvgIpc) is 1.35. The molecule has 0 bridgehead atoms. The Hall–Kier alpha value is 0. The first-order chi connectivity index (χ1) is 2.56. The normalized spacial score (nSPS) is 12.0. The summed E-state index contributed by atoms with van der Waals surface area (Å²) in [7, 11) is 0. The van der Waals surface area contributed by atoms with E-state index in [0.29, 0.717) is 5.41 Å². The van der Waals surface area contributed by atoms with Gasteiger partial charge in [-0.2, -0.15) is 0 Å². The monoisotopic (exact) mass is 89.1 g/mol. The van der Waals surface area contributed by atoms with Crippen molar-refractivity contribution in [3.05, 3.63) is 0 Å². The van der Waals surface area contributed by atoms with Gasteiger partial charge in [-0.15, -0.1) is 0 Å². The highest BCUT2D eigenvalue weighted by atomic mass is 14.1. The molecule has 0 unspecified atom stereocenters. The van der Waals surface area contributed by atoms with Crippen molar-refractivity contribution in [2.45, 2.75) is 34.1 Å². The highest BCUT2D eigenvalue weighted by Crippen LogP contribution is 2.16. The van der Waals surface area contributed by atoms with Gasteiger partial charge in [-0.3, -0.25) is 0 Å². The molecular weight excluding hydrogens is 72.1 g/mol. The minimum Gasteiger partial charge on any atom is -0.0649 e. The minimum atomic E-state index is 0. The number of hydrogen-bond donors (Lipinski definition) is 0. The van der Waals surface area contributed by atoms with Crippen molar-refractivity contribution in [3.63, 3.8) is 0 Å². The second-order valence-corrected chi connectivity index (χ2v) is 2.91. The predicted molar refractivity (Wildman–Crippen MR) is 31.9 cm³/mol. The van der Waals surface area contributed by atoms with Crippen LogP contribution in [0.15, 0.2) is 0 Å². The third kappa shape index (κ3) is 4.00. The summed E-state index contributed by atoms with van der Waals surface area (Å²) in [5.74, 6) is 0. The van der Waals surface area contributed by atoms with Crippen LogP contribution in [0.3, 0.4) is 0 Å². The first-order valence-electron chi connectivity index (χ1n) is 2.56. The van der Waals surface area contributed by atoms with Crippen molar-refractivity contribution < 1.29 is 1.43 Å². The van der Waals surface area contributed by atoms with E-state index in [1.165, 1.54) is 6.42 Å². The van der Waals surface area contributed by atoms with Crippen LogP contribution in [0, 0.1) is 5.41 Å². The van der Waals surface area contributed by atoms with E-state index in [1.54, 1.807) is 0 Å². The van der Waals surface area contributed by atoms with Gasteiger partial charge in [0, 0.05) is 1.43 Å². The molecule has 0 aliphatic heterocycles. The van der Waals surface area contributed by atoms with E-state index in [9.17, 15) is 0 Å². The summed E-state index contributed by atoms with van der Waals surface area (Å²) in [5.41, 5.74) is 0.542. The standard InChI is InChI=1S/C6H14.H2/c1-5-6(2,3)4;/h5H2,1-4H3;1H/i;1+1. The largest absolute Gasteiger partial charge is 0.0649 e. The van der Waals surface area contributed by atoms with Crippen LogP contribution in [0.5, 0.6) is 0 Å². The maximum absolute atomic E-state index is 2.24. The van der Waals surface area contributed by atoms with E-state index in [4.69, 9.17) is 0 Å². The van der Waals surface area contributed by atoms with Gasteiger partial charge in [-0.05, 0) is 5.41 Å². The van der Waals surface area contributed by atoms with Crippen LogP contribution in [0.4, 0.5) is 0 Å². The summed E-state index contributed by atoms with van der Waals surface area (Å²) < 4.78 is 0. The zero-order valence-corrected chi connectivity index (χ0v) is 5.21. The molecule has 0 N–H and O–H groups in total. The van der Waals surface area contributed by atoms with Crippen LogP contribution in [0.25, 0.3) is 0 Å². The molecule has 6 heavy (non-hydrogen) atoms. The molecule has 0 heterocycles. The SMILES string of the molecule is CCC(C)(C)C.[2HH]. The van der Waals surface area contributed by atoms with Gasteiger partial charge in [0.15, 0.2) is 0 Å². The molecule has 0 aliphatic carbocycles. The fourth-order valence-corrected chi connectivity index (χ4v) is 0. The van der Waals surface area contributed by atoms with E-state index >= 15 is 0 Å². The maximum Gasteiger partial charge on any atom is 0 e. The molecule has 0 aromatic rings. The third-order valence-electron chi connectivity index (χ3n) is 1.06. The fraction of sp³-hybridized carbons (Fsp3) is 1.00. The van der Waals surface area contributed by atoms with Gasteiger partial charge in [0.05, 0.1) is 0 Å². The molecule has 40 valence electrons. The highest BCUT2D eigenvalue weighted by molar-refractivity contribution is 4.55. The van der Waals surface area contributed by atoms with Gasteiger partial charge in [0.1, 0.15) is 0 Å². The average molecular weight is 89.2 g/mol. The first-order valence-corrected chi connectivity index (χ1v) is 2.56. The summed E-state index contributed by atoms with van der Waals surface area (Å²) in [6.45, 7) is 8.94. The maximum atomic E-state index is 2.24. The molecule has 0 rings (SSSR count). The molecule has 0 aliphatic rings. The summed E-state index contributed by atoms with van der Waals surface area (Å²) in [5, 5.41) is 0. The molecule has 0 atom stereocenters. The van der Waals surface area contributed by atoms with Crippen molar-refractivity contribution in [2.75, 3.05) is 0 Å². The Balaban J connectivity index is 0. The first kappa shape index (κ1) is 6.00. The zero-order chi connectivity index (χ0) is 5.21. The number of hydrogen-bond acceptors (Lipinski definition) is 0. The molecule has 0 fully saturated rings. The number of rotatable bonds is 0. The van der Waals surface area contributed by atoms with Crippen LogP contribution in [0.1, 0.15) is 35.5 Å². The van der Waals surface area contributed by atoms with E-state index < -0.39 is 0 Å². The van der Waals surface area contributed by atoms with Crippen molar-refractivity contribution in [3.8, 4) is 0 Å². The summed E-state index contributed by atoms with van der Waals surface area (Å²) in [4.78, 5) is 0. The Morgan fingerprint density at radius 1 is 1.33 bits per heavy atom.